The molecule has 0 aliphatic rings. The Labute approximate surface area is 108 Å². The highest BCUT2D eigenvalue weighted by Crippen LogP contribution is 2.42. The third-order valence-electron chi connectivity index (χ3n) is 2.54. The lowest BCUT2D eigenvalue weighted by Crippen LogP contribution is -1.73. The summed E-state index contributed by atoms with van der Waals surface area (Å²) >= 11 is 6.65. The van der Waals surface area contributed by atoms with Gasteiger partial charge in [-0.05, 0) is 44.0 Å². The summed E-state index contributed by atoms with van der Waals surface area (Å²) in [5.41, 5.74) is 1.48. The van der Waals surface area contributed by atoms with E-state index >= 15 is 0 Å². The summed E-state index contributed by atoms with van der Waals surface area (Å²) in [7, 11) is 0. The largest absolute Gasteiger partial charge is 0.505 e. The van der Waals surface area contributed by atoms with Gasteiger partial charge in [-0.15, -0.1) is 0 Å². The molecule has 1 N–H and O–H groups in total. The molecule has 0 radical (unpaired) electrons. The van der Waals surface area contributed by atoms with Crippen molar-refractivity contribution in [3.8, 4) is 5.75 Å². The van der Waals surface area contributed by atoms with E-state index in [2.05, 4.69) is 31.9 Å². The molecule has 16 heavy (non-hydrogen) atoms. The standard InChI is InChI=1S/C12H6Br2O2/c13-8-5-7-6-3-1-2-4-9(6)16-12(7)10(14)11(8)15/h1-5,15H. The molecule has 0 bridgehead atoms. The second-order valence-electron chi connectivity index (χ2n) is 3.50. The first-order chi connectivity index (χ1) is 7.68. The van der Waals surface area contributed by atoms with Crippen LogP contribution in [0.1, 0.15) is 0 Å². The number of hydrogen-bond acceptors (Lipinski definition) is 2. The number of benzene rings is 2. The van der Waals surface area contributed by atoms with E-state index in [1.165, 1.54) is 0 Å². The van der Waals surface area contributed by atoms with Crippen molar-refractivity contribution < 1.29 is 9.52 Å². The van der Waals surface area contributed by atoms with Gasteiger partial charge in [-0.2, -0.15) is 0 Å². The van der Waals surface area contributed by atoms with E-state index in [-0.39, 0.29) is 5.75 Å². The van der Waals surface area contributed by atoms with Crippen LogP contribution >= 0.6 is 31.9 Å². The number of fused-ring (bicyclic) bond motifs is 3. The van der Waals surface area contributed by atoms with Crippen molar-refractivity contribution in [2.45, 2.75) is 0 Å². The molecule has 0 aliphatic carbocycles. The minimum absolute atomic E-state index is 0.159. The molecule has 0 saturated heterocycles. The van der Waals surface area contributed by atoms with Gasteiger partial charge in [0.2, 0.25) is 0 Å². The van der Waals surface area contributed by atoms with E-state index in [4.69, 9.17) is 4.42 Å². The van der Waals surface area contributed by atoms with Gasteiger partial charge in [0.15, 0.2) is 5.58 Å². The number of aromatic hydroxyl groups is 1. The molecule has 4 heteroatoms. The molecule has 0 spiro atoms. The van der Waals surface area contributed by atoms with Crippen LogP contribution in [-0.2, 0) is 0 Å². The molecular formula is C12H6Br2O2. The zero-order valence-corrected chi connectivity index (χ0v) is 11.2. The van der Waals surface area contributed by atoms with Crippen LogP contribution in [0.4, 0.5) is 0 Å². The normalized spacial score (nSPS) is 11.4. The van der Waals surface area contributed by atoms with Crippen molar-refractivity contribution in [1.29, 1.82) is 0 Å². The summed E-state index contributed by atoms with van der Waals surface area (Å²) in [6, 6.07) is 9.66. The highest BCUT2D eigenvalue weighted by Gasteiger charge is 2.15. The van der Waals surface area contributed by atoms with E-state index < -0.39 is 0 Å². The van der Waals surface area contributed by atoms with Crippen LogP contribution in [0.15, 0.2) is 43.7 Å². The maximum absolute atomic E-state index is 9.78. The Hall–Kier alpha value is -1.00. The Morgan fingerprint density at radius 1 is 1.06 bits per heavy atom. The second-order valence-corrected chi connectivity index (χ2v) is 5.14. The quantitative estimate of drug-likeness (QED) is 0.636. The number of furan rings is 1. The minimum Gasteiger partial charge on any atom is -0.505 e. The van der Waals surface area contributed by atoms with Crippen LogP contribution in [0.25, 0.3) is 21.9 Å². The van der Waals surface area contributed by atoms with Crippen LogP contribution in [0.5, 0.6) is 5.75 Å². The van der Waals surface area contributed by atoms with Crippen LogP contribution in [0.3, 0.4) is 0 Å². The molecule has 0 saturated carbocycles. The van der Waals surface area contributed by atoms with Crippen molar-refractivity contribution >= 4 is 53.8 Å². The lowest BCUT2D eigenvalue weighted by Gasteiger charge is -2.00. The molecule has 0 unspecified atom stereocenters. The molecule has 0 aliphatic heterocycles. The summed E-state index contributed by atoms with van der Waals surface area (Å²) in [5, 5.41) is 11.8. The fourth-order valence-electron chi connectivity index (χ4n) is 1.78. The lowest BCUT2D eigenvalue weighted by molar-refractivity contribution is 0.468. The molecule has 2 nitrogen and oxygen atoms in total. The van der Waals surface area contributed by atoms with Crippen LogP contribution in [0, 0.1) is 0 Å². The molecule has 2 aromatic carbocycles. The van der Waals surface area contributed by atoms with Crippen LogP contribution in [0.2, 0.25) is 0 Å². The van der Waals surface area contributed by atoms with Gasteiger partial charge in [0.25, 0.3) is 0 Å². The van der Waals surface area contributed by atoms with Crippen molar-refractivity contribution in [3.05, 3.63) is 39.3 Å². The Bertz CT molecular complexity index is 701. The minimum atomic E-state index is 0.159. The Kier molecular flexibility index (Phi) is 2.23. The first-order valence-electron chi connectivity index (χ1n) is 4.66. The molecule has 1 aromatic heterocycles. The van der Waals surface area contributed by atoms with Gasteiger partial charge in [-0.3, -0.25) is 0 Å². The third-order valence-corrected chi connectivity index (χ3v) is 3.88. The summed E-state index contributed by atoms with van der Waals surface area (Å²) in [6.45, 7) is 0. The Morgan fingerprint density at radius 3 is 2.62 bits per heavy atom. The number of hydrogen-bond donors (Lipinski definition) is 1. The number of para-hydroxylation sites is 1. The van der Waals surface area contributed by atoms with Crippen molar-refractivity contribution in [2.75, 3.05) is 0 Å². The molecule has 0 fully saturated rings. The summed E-state index contributed by atoms with van der Waals surface area (Å²) in [4.78, 5) is 0. The van der Waals surface area contributed by atoms with E-state index in [1.54, 1.807) is 0 Å². The van der Waals surface area contributed by atoms with E-state index in [9.17, 15) is 5.11 Å². The highest BCUT2D eigenvalue weighted by molar-refractivity contribution is 9.11. The van der Waals surface area contributed by atoms with Crippen molar-refractivity contribution in [1.82, 2.24) is 0 Å². The molecule has 0 atom stereocenters. The van der Waals surface area contributed by atoms with Gasteiger partial charge in [0.05, 0.1) is 4.47 Å². The van der Waals surface area contributed by atoms with Gasteiger partial charge < -0.3 is 9.52 Å². The van der Waals surface area contributed by atoms with Gasteiger partial charge in [0.1, 0.15) is 15.8 Å². The van der Waals surface area contributed by atoms with Gasteiger partial charge in [-0.1, -0.05) is 18.2 Å². The number of phenols is 1. The average Bonchev–Trinajstić information content (AvgIpc) is 2.65. The molecule has 1 heterocycles. The molecule has 3 aromatic rings. The Balaban J connectivity index is 2.60. The van der Waals surface area contributed by atoms with E-state index in [0.717, 1.165) is 16.4 Å². The molecule has 3 rings (SSSR count). The summed E-state index contributed by atoms with van der Waals surface area (Å²) in [5.74, 6) is 0.159. The predicted octanol–water partition coefficient (Wildman–Crippen LogP) is 4.82. The summed E-state index contributed by atoms with van der Waals surface area (Å²) < 4.78 is 6.92. The average molecular weight is 342 g/mol. The first kappa shape index (κ1) is 10.2. The van der Waals surface area contributed by atoms with Crippen molar-refractivity contribution in [2.24, 2.45) is 0 Å². The fourth-order valence-corrected chi connectivity index (χ4v) is 2.98. The first-order valence-corrected chi connectivity index (χ1v) is 6.25. The van der Waals surface area contributed by atoms with Crippen LogP contribution < -0.4 is 0 Å². The number of phenolic OH excluding ortho intramolecular Hbond substituents is 1. The SMILES string of the molecule is Oc1c(Br)cc2c(oc3ccccc32)c1Br. The smallest absolute Gasteiger partial charge is 0.153 e. The third kappa shape index (κ3) is 1.30. The van der Waals surface area contributed by atoms with Crippen molar-refractivity contribution in [3.63, 3.8) is 0 Å². The Morgan fingerprint density at radius 2 is 1.81 bits per heavy atom. The zero-order chi connectivity index (χ0) is 11.3. The molecule has 0 amide bonds. The van der Waals surface area contributed by atoms with Crippen LogP contribution in [-0.4, -0.2) is 5.11 Å². The van der Waals surface area contributed by atoms with Gasteiger partial charge in [0, 0.05) is 10.8 Å². The lowest BCUT2D eigenvalue weighted by atomic mass is 10.1. The molecular weight excluding hydrogens is 336 g/mol. The second kappa shape index (κ2) is 3.50. The maximum atomic E-state index is 9.78. The van der Waals surface area contributed by atoms with E-state index in [0.29, 0.717) is 14.5 Å². The zero-order valence-electron chi connectivity index (χ0n) is 8.00. The maximum Gasteiger partial charge on any atom is 0.153 e. The number of rotatable bonds is 0. The number of halogens is 2. The van der Waals surface area contributed by atoms with Gasteiger partial charge >= 0.3 is 0 Å². The summed E-state index contributed by atoms with van der Waals surface area (Å²) in [6.07, 6.45) is 0. The monoisotopic (exact) mass is 340 g/mol. The topological polar surface area (TPSA) is 33.4 Å². The van der Waals surface area contributed by atoms with Gasteiger partial charge in [-0.25, -0.2) is 0 Å². The fraction of sp³-hybridized carbons (Fsp3) is 0. The van der Waals surface area contributed by atoms with E-state index in [1.807, 2.05) is 30.3 Å². The highest BCUT2D eigenvalue weighted by atomic mass is 79.9. The molecule has 80 valence electrons. The predicted molar refractivity (Wildman–Crippen MR) is 70.8 cm³/mol.